The first kappa shape index (κ1) is 7.74. The topological polar surface area (TPSA) is 0 Å². The van der Waals surface area contributed by atoms with E-state index in [0.717, 1.165) is 0 Å². The van der Waals surface area contributed by atoms with Crippen LogP contribution in [0.3, 0.4) is 0 Å². The number of allylic oxidation sites excluding steroid dienone is 4. The van der Waals surface area contributed by atoms with Gasteiger partial charge in [0, 0.05) is 16.5 Å². The Morgan fingerprint density at radius 2 is 1.11 bits per heavy atom. The van der Waals surface area contributed by atoms with Crippen molar-refractivity contribution in [3.63, 3.8) is 0 Å². The van der Waals surface area contributed by atoms with Gasteiger partial charge in [0.1, 0.15) is 0 Å². The minimum absolute atomic E-state index is 0.378. The summed E-state index contributed by atoms with van der Waals surface area (Å²) in [5.41, 5.74) is 0. The maximum atomic E-state index is 5.59. The fraction of sp³-hybridized carbons (Fsp3) is 0.200. The monoisotopic (exact) mass is 202 g/mol. The molecule has 0 fully saturated rings. The van der Waals surface area contributed by atoms with Gasteiger partial charge in [0.25, 0.3) is 0 Å². The Morgan fingerprint density at radius 1 is 0.778 bits per heavy atom. The van der Waals surface area contributed by atoms with Crippen LogP contribution in [-0.4, -0.2) is 0 Å². The van der Waals surface area contributed by atoms with Crippen molar-refractivity contribution in [2.24, 2.45) is 0 Å². The minimum atomic E-state index is 0.378. The molecule has 4 heteroatoms. The number of rotatable bonds is 0. The second kappa shape index (κ2) is 2.71. The lowest BCUT2D eigenvalue weighted by molar-refractivity contribution is 1.36. The van der Waals surface area contributed by atoms with E-state index in [9.17, 15) is 0 Å². The summed E-state index contributed by atoms with van der Waals surface area (Å²) in [5, 5.41) is 1.80. The van der Waals surface area contributed by atoms with E-state index >= 15 is 0 Å². The molecule has 0 saturated heterocycles. The zero-order valence-corrected chi connectivity index (χ0v) is 7.24. The maximum Gasteiger partial charge on any atom is 0.0753 e. The highest BCUT2D eigenvalue weighted by molar-refractivity contribution is 6.52. The normalized spacial score (nSPS) is 20.0. The summed E-state index contributed by atoms with van der Waals surface area (Å²) in [6.07, 6.45) is 0.473. The van der Waals surface area contributed by atoms with Crippen LogP contribution in [0.5, 0.6) is 0 Å². The Bertz CT molecular complexity index is 179. The maximum absolute atomic E-state index is 5.59. The van der Waals surface area contributed by atoms with Crippen molar-refractivity contribution >= 4 is 46.4 Å². The molecule has 0 amide bonds. The van der Waals surface area contributed by atoms with Crippen molar-refractivity contribution in [3.8, 4) is 0 Å². The molecule has 50 valence electrons. The van der Waals surface area contributed by atoms with E-state index in [0.29, 0.717) is 26.5 Å². The van der Waals surface area contributed by atoms with Crippen molar-refractivity contribution in [1.82, 2.24) is 0 Å². The van der Waals surface area contributed by atoms with Gasteiger partial charge in [-0.2, -0.15) is 0 Å². The Kier molecular flexibility index (Phi) is 2.33. The van der Waals surface area contributed by atoms with E-state index in [-0.39, 0.29) is 0 Å². The van der Waals surface area contributed by atoms with Crippen molar-refractivity contribution < 1.29 is 0 Å². The minimum Gasteiger partial charge on any atom is -0.0871 e. The van der Waals surface area contributed by atoms with Gasteiger partial charge in [-0.1, -0.05) is 46.4 Å². The number of halogens is 4. The third kappa shape index (κ3) is 1.38. The fourth-order valence-electron chi connectivity index (χ4n) is 0.530. The van der Waals surface area contributed by atoms with Crippen molar-refractivity contribution in [2.45, 2.75) is 6.42 Å². The Labute approximate surface area is 73.0 Å². The molecule has 0 N–H and O–H groups in total. The van der Waals surface area contributed by atoms with Crippen LogP contribution in [0.25, 0.3) is 0 Å². The van der Waals surface area contributed by atoms with Gasteiger partial charge in [-0.25, -0.2) is 0 Å². The molecule has 0 spiro atoms. The molecular weight excluding hydrogens is 202 g/mol. The van der Waals surface area contributed by atoms with Gasteiger partial charge in [-0.15, -0.1) is 0 Å². The van der Waals surface area contributed by atoms with Crippen molar-refractivity contribution in [1.29, 1.82) is 0 Å². The molecule has 0 bridgehead atoms. The lowest BCUT2D eigenvalue weighted by atomic mass is 10.5. The highest BCUT2D eigenvalue weighted by Gasteiger charge is 2.18. The summed E-state index contributed by atoms with van der Waals surface area (Å²) in [6.45, 7) is 0. The van der Waals surface area contributed by atoms with Crippen LogP contribution < -0.4 is 0 Å². The van der Waals surface area contributed by atoms with Gasteiger partial charge in [0.05, 0.1) is 10.1 Å². The van der Waals surface area contributed by atoms with E-state index in [1.165, 1.54) is 0 Å². The largest absolute Gasteiger partial charge is 0.0871 e. The average molecular weight is 204 g/mol. The fourth-order valence-corrected chi connectivity index (χ4v) is 1.51. The van der Waals surface area contributed by atoms with Crippen LogP contribution in [0.15, 0.2) is 20.1 Å². The van der Waals surface area contributed by atoms with Crippen LogP contribution in [0.1, 0.15) is 6.42 Å². The smallest absolute Gasteiger partial charge is 0.0753 e. The first-order chi connectivity index (χ1) is 4.13. The Hall–Kier alpha value is 0.640. The third-order valence-corrected chi connectivity index (χ3v) is 2.75. The van der Waals surface area contributed by atoms with E-state index < -0.39 is 0 Å². The molecule has 9 heavy (non-hydrogen) atoms. The molecule has 0 aromatic heterocycles. The van der Waals surface area contributed by atoms with E-state index in [4.69, 9.17) is 46.4 Å². The van der Waals surface area contributed by atoms with Crippen molar-refractivity contribution in [2.75, 3.05) is 0 Å². The molecule has 0 aromatic carbocycles. The Balaban J connectivity index is 2.97. The summed E-state index contributed by atoms with van der Waals surface area (Å²) < 4.78 is 0. The molecule has 0 heterocycles. The zero-order chi connectivity index (χ0) is 7.02. The highest BCUT2D eigenvalue weighted by Crippen LogP contribution is 2.40. The first-order valence-electron chi connectivity index (χ1n) is 2.21. The third-order valence-electron chi connectivity index (χ3n) is 0.979. The van der Waals surface area contributed by atoms with Gasteiger partial charge in [-0.05, 0) is 0 Å². The van der Waals surface area contributed by atoms with E-state index in [1.807, 2.05) is 0 Å². The average Bonchev–Trinajstić information content (AvgIpc) is 1.98. The van der Waals surface area contributed by atoms with Crippen LogP contribution in [0.4, 0.5) is 0 Å². The molecule has 1 rings (SSSR count). The summed E-state index contributed by atoms with van der Waals surface area (Å²) in [7, 11) is 0. The first-order valence-corrected chi connectivity index (χ1v) is 3.72. The molecule has 0 unspecified atom stereocenters. The number of hydrogen-bond acceptors (Lipinski definition) is 0. The molecule has 0 radical (unpaired) electrons. The molecule has 0 nitrogen and oxygen atoms in total. The zero-order valence-electron chi connectivity index (χ0n) is 4.22. The van der Waals surface area contributed by atoms with Crippen LogP contribution >= 0.6 is 46.4 Å². The molecule has 0 saturated carbocycles. The highest BCUT2D eigenvalue weighted by atomic mass is 35.5. The molecule has 0 atom stereocenters. The summed E-state index contributed by atoms with van der Waals surface area (Å²) in [6, 6.07) is 0. The molecule has 1 aliphatic rings. The van der Waals surface area contributed by atoms with E-state index in [1.54, 1.807) is 0 Å². The molecule has 0 aliphatic heterocycles. The summed E-state index contributed by atoms with van der Waals surface area (Å²) in [5.74, 6) is 0. The lowest BCUT2D eigenvalue weighted by Gasteiger charge is -1.86. The van der Waals surface area contributed by atoms with Crippen LogP contribution in [0, 0.1) is 0 Å². The van der Waals surface area contributed by atoms with E-state index in [2.05, 4.69) is 0 Å². The second-order valence-corrected chi connectivity index (χ2v) is 3.28. The Morgan fingerprint density at radius 3 is 1.22 bits per heavy atom. The van der Waals surface area contributed by atoms with Gasteiger partial charge >= 0.3 is 0 Å². The summed E-state index contributed by atoms with van der Waals surface area (Å²) >= 11 is 22.3. The molecular formula is C5H2Cl4. The standard InChI is InChI=1S/C5H2Cl4/c6-2-1-3(7)5(9)4(2)8/h1H2. The van der Waals surface area contributed by atoms with Gasteiger partial charge < -0.3 is 0 Å². The quantitative estimate of drug-likeness (QED) is 0.563. The van der Waals surface area contributed by atoms with Gasteiger partial charge in [0.15, 0.2) is 0 Å². The van der Waals surface area contributed by atoms with Crippen LogP contribution in [-0.2, 0) is 0 Å². The summed E-state index contributed by atoms with van der Waals surface area (Å²) in [4.78, 5) is 0. The van der Waals surface area contributed by atoms with Crippen molar-refractivity contribution in [3.05, 3.63) is 20.1 Å². The van der Waals surface area contributed by atoms with Gasteiger partial charge in [0.2, 0.25) is 0 Å². The lowest BCUT2D eigenvalue weighted by Crippen LogP contribution is -1.64. The van der Waals surface area contributed by atoms with Gasteiger partial charge in [-0.3, -0.25) is 0 Å². The number of hydrogen-bond donors (Lipinski definition) is 0. The second-order valence-electron chi connectivity index (χ2n) is 1.61. The predicted molar refractivity (Wildman–Crippen MR) is 42.1 cm³/mol. The molecule has 0 aromatic rings. The SMILES string of the molecule is ClC1=C(Cl)C(Cl)=C(Cl)C1. The van der Waals surface area contributed by atoms with Crippen LogP contribution in [0.2, 0.25) is 0 Å². The predicted octanol–water partition coefficient (Wildman–Crippen LogP) is 3.77. The molecule has 1 aliphatic carbocycles.